The van der Waals surface area contributed by atoms with Gasteiger partial charge in [-0.25, -0.2) is 0 Å². The van der Waals surface area contributed by atoms with Gasteiger partial charge in [0.05, 0.1) is 0 Å². The van der Waals surface area contributed by atoms with E-state index in [9.17, 15) is 0 Å². The Kier molecular flexibility index (Phi) is 3.48. The van der Waals surface area contributed by atoms with Crippen LogP contribution in [0.3, 0.4) is 0 Å². The highest BCUT2D eigenvalue weighted by atomic mass is 16.5. The van der Waals surface area contributed by atoms with E-state index in [0.29, 0.717) is 6.61 Å². The van der Waals surface area contributed by atoms with Crippen LogP contribution in [0.25, 0.3) is 0 Å². The minimum atomic E-state index is 0.171. The van der Waals surface area contributed by atoms with Crippen molar-refractivity contribution in [1.82, 2.24) is 0 Å². The van der Waals surface area contributed by atoms with Crippen molar-refractivity contribution in [1.29, 1.82) is 0 Å². The molecule has 1 aromatic rings. The number of nitrogens with two attached hydrogens (primary N) is 1. The van der Waals surface area contributed by atoms with E-state index in [-0.39, 0.29) is 6.04 Å². The van der Waals surface area contributed by atoms with Gasteiger partial charge in [0.1, 0.15) is 12.4 Å². The molecule has 1 aromatic carbocycles. The Bertz CT molecular complexity index is 428. The minimum Gasteiger partial charge on any atom is -0.481 e. The largest absolute Gasteiger partial charge is 0.481 e. The van der Waals surface area contributed by atoms with Crippen molar-refractivity contribution in [2.75, 3.05) is 6.61 Å². The lowest BCUT2D eigenvalue weighted by Gasteiger charge is -2.22. The second kappa shape index (κ2) is 5.05. The molecular weight excluding hydrogens is 198 g/mol. The number of hydrogen-bond acceptors (Lipinski definition) is 2. The van der Waals surface area contributed by atoms with Crippen LogP contribution in [0, 0.1) is 11.8 Å². The average molecular weight is 215 g/mol. The Labute approximate surface area is 96.8 Å². The van der Waals surface area contributed by atoms with Gasteiger partial charge in [-0.1, -0.05) is 12.0 Å². The van der Waals surface area contributed by atoms with Crippen LogP contribution in [0.4, 0.5) is 0 Å². The van der Waals surface area contributed by atoms with Gasteiger partial charge in [0.25, 0.3) is 0 Å². The predicted molar refractivity (Wildman–Crippen MR) is 65.3 cm³/mol. The Morgan fingerprint density at radius 3 is 3.19 bits per heavy atom. The highest BCUT2D eigenvalue weighted by molar-refractivity contribution is 5.39. The highest BCUT2D eigenvalue weighted by Gasteiger charge is 2.16. The normalized spacial score (nSPS) is 18.2. The maximum atomic E-state index is 6.09. The average Bonchev–Trinajstić information content (AvgIpc) is 2.30. The summed E-state index contributed by atoms with van der Waals surface area (Å²) in [5, 5.41) is 0. The summed E-state index contributed by atoms with van der Waals surface area (Å²) in [6, 6.07) is 6.37. The lowest BCUT2D eigenvalue weighted by molar-refractivity contribution is 0.368. The minimum absolute atomic E-state index is 0.171. The summed E-state index contributed by atoms with van der Waals surface area (Å²) in [6.07, 6.45) is 3.40. The quantitative estimate of drug-likeness (QED) is 0.769. The molecule has 0 aromatic heterocycles. The zero-order valence-corrected chi connectivity index (χ0v) is 9.62. The first kappa shape index (κ1) is 11.0. The summed E-state index contributed by atoms with van der Waals surface area (Å²) in [4.78, 5) is 0. The molecule has 2 rings (SSSR count). The lowest BCUT2D eigenvalue weighted by atomic mass is 9.88. The van der Waals surface area contributed by atoms with Gasteiger partial charge in [-0.3, -0.25) is 0 Å². The van der Waals surface area contributed by atoms with Crippen molar-refractivity contribution in [2.45, 2.75) is 32.2 Å². The molecule has 0 spiro atoms. The van der Waals surface area contributed by atoms with E-state index in [2.05, 4.69) is 24.0 Å². The molecule has 0 saturated heterocycles. The summed E-state index contributed by atoms with van der Waals surface area (Å²) >= 11 is 0. The molecule has 0 radical (unpaired) electrons. The Balaban J connectivity index is 2.16. The van der Waals surface area contributed by atoms with Crippen molar-refractivity contribution in [3.8, 4) is 17.6 Å². The highest BCUT2D eigenvalue weighted by Crippen LogP contribution is 2.30. The maximum absolute atomic E-state index is 6.09. The van der Waals surface area contributed by atoms with Crippen LogP contribution in [0.2, 0.25) is 0 Å². The van der Waals surface area contributed by atoms with Gasteiger partial charge >= 0.3 is 0 Å². The fraction of sp³-hybridized carbons (Fsp3) is 0.429. The SMILES string of the molecule is CC#CCOc1ccc2c(c1)[C@H](N)CCC2. The van der Waals surface area contributed by atoms with E-state index in [1.54, 1.807) is 0 Å². The maximum Gasteiger partial charge on any atom is 0.149 e. The Hall–Kier alpha value is -1.46. The molecule has 2 N–H and O–H groups in total. The number of rotatable bonds is 2. The van der Waals surface area contributed by atoms with Crippen LogP contribution >= 0.6 is 0 Å². The molecule has 0 unspecified atom stereocenters. The van der Waals surface area contributed by atoms with E-state index in [1.807, 2.05) is 13.0 Å². The second-order valence-corrected chi connectivity index (χ2v) is 4.07. The topological polar surface area (TPSA) is 35.2 Å². The van der Waals surface area contributed by atoms with Gasteiger partial charge in [-0.2, -0.15) is 0 Å². The molecule has 0 aliphatic heterocycles. The standard InChI is InChI=1S/C14H17NO/c1-2-3-9-16-12-8-7-11-5-4-6-14(15)13(11)10-12/h7-8,10,14H,4-6,9,15H2,1H3/t14-/m1/s1. The van der Waals surface area contributed by atoms with E-state index >= 15 is 0 Å². The monoisotopic (exact) mass is 215 g/mol. The van der Waals surface area contributed by atoms with Crippen molar-refractivity contribution < 1.29 is 4.74 Å². The fourth-order valence-corrected chi connectivity index (χ4v) is 2.10. The zero-order valence-electron chi connectivity index (χ0n) is 9.62. The van der Waals surface area contributed by atoms with E-state index in [1.165, 1.54) is 17.5 Å². The lowest BCUT2D eigenvalue weighted by Crippen LogP contribution is -2.17. The molecule has 1 aliphatic rings. The fourth-order valence-electron chi connectivity index (χ4n) is 2.10. The van der Waals surface area contributed by atoms with Gasteiger partial charge in [0, 0.05) is 6.04 Å². The van der Waals surface area contributed by atoms with Gasteiger partial charge in [0.2, 0.25) is 0 Å². The molecule has 0 heterocycles. The third kappa shape index (κ3) is 2.37. The van der Waals surface area contributed by atoms with Gasteiger partial charge in [0.15, 0.2) is 0 Å². The van der Waals surface area contributed by atoms with E-state index < -0.39 is 0 Å². The number of benzene rings is 1. The Morgan fingerprint density at radius 2 is 2.38 bits per heavy atom. The van der Waals surface area contributed by atoms with Crippen LogP contribution < -0.4 is 10.5 Å². The number of aryl methyl sites for hydroxylation is 1. The second-order valence-electron chi connectivity index (χ2n) is 4.07. The van der Waals surface area contributed by atoms with Gasteiger partial charge in [-0.05, 0) is 49.4 Å². The molecule has 16 heavy (non-hydrogen) atoms. The first-order valence-corrected chi connectivity index (χ1v) is 5.72. The molecule has 2 heteroatoms. The molecule has 2 nitrogen and oxygen atoms in total. The summed E-state index contributed by atoms with van der Waals surface area (Å²) < 4.78 is 5.53. The van der Waals surface area contributed by atoms with Crippen LogP contribution in [0.1, 0.15) is 36.9 Å². The molecular formula is C14H17NO. The Morgan fingerprint density at radius 1 is 1.50 bits per heavy atom. The first-order chi connectivity index (χ1) is 7.81. The molecule has 1 atom stereocenters. The summed E-state index contributed by atoms with van der Waals surface area (Å²) in [5.41, 5.74) is 8.70. The van der Waals surface area contributed by atoms with Crippen molar-refractivity contribution in [3.63, 3.8) is 0 Å². The number of hydrogen-bond donors (Lipinski definition) is 1. The van der Waals surface area contributed by atoms with Crippen LogP contribution in [0.15, 0.2) is 18.2 Å². The van der Waals surface area contributed by atoms with Crippen LogP contribution in [-0.4, -0.2) is 6.61 Å². The number of fused-ring (bicyclic) bond motifs is 1. The van der Waals surface area contributed by atoms with Crippen LogP contribution in [-0.2, 0) is 6.42 Å². The van der Waals surface area contributed by atoms with Crippen molar-refractivity contribution >= 4 is 0 Å². The smallest absolute Gasteiger partial charge is 0.149 e. The summed E-state index contributed by atoms with van der Waals surface area (Å²) in [5.74, 6) is 6.57. The molecule has 84 valence electrons. The molecule has 0 saturated carbocycles. The first-order valence-electron chi connectivity index (χ1n) is 5.72. The number of ether oxygens (including phenoxy) is 1. The van der Waals surface area contributed by atoms with Crippen LogP contribution in [0.5, 0.6) is 5.75 Å². The van der Waals surface area contributed by atoms with E-state index in [0.717, 1.165) is 18.6 Å². The van der Waals surface area contributed by atoms with E-state index in [4.69, 9.17) is 10.5 Å². The third-order valence-corrected chi connectivity index (χ3v) is 2.97. The summed E-state index contributed by atoms with van der Waals surface area (Å²) in [6.45, 7) is 2.26. The molecule has 1 aliphatic carbocycles. The predicted octanol–water partition coefficient (Wildman–Crippen LogP) is 2.42. The van der Waals surface area contributed by atoms with Gasteiger partial charge < -0.3 is 10.5 Å². The summed E-state index contributed by atoms with van der Waals surface area (Å²) in [7, 11) is 0. The molecule has 0 amide bonds. The zero-order chi connectivity index (χ0) is 11.4. The molecule has 0 bridgehead atoms. The van der Waals surface area contributed by atoms with Crippen molar-refractivity contribution in [2.24, 2.45) is 5.73 Å². The third-order valence-electron chi connectivity index (χ3n) is 2.97. The van der Waals surface area contributed by atoms with Gasteiger partial charge in [-0.15, -0.1) is 5.92 Å². The van der Waals surface area contributed by atoms with Crippen molar-refractivity contribution in [3.05, 3.63) is 29.3 Å². The molecule has 0 fully saturated rings.